The number of hydrogen-bond donors (Lipinski definition) is 0. The number of nitrogens with zero attached hydrogens (tertiary/aromatic N) is 1. The zero-order chi connectivity index (χ0) is 12.8. The summed E-state index contributed by atoms with van der Waals surface area (Å²) in [4.78, 5) is 11.5. The van der Waals surface area contributed by atoms with Gasteiger partial charge in [-0.1, -0.05) is 6.42 Å². The van der Waals surface area contributed by atoms with Crippen molar-refractivity contribution in [1.29, 1.82) is 0 Å². The number of rotatable bonds is 4. The van der Waals surface area contributed by atoms with Crippen molar-refractivity contribution in [1.82, 2.24) is 0 Å². The first kappa shape index (κ1) is 13.6. The molecule has 0 aromatic rings. The van der Waals surface area contributed by atoms with E-state index < -0.39 is 0 Å². The van der Waals surface area contributed by atoms with Crippen LogP contribution in [-0.2, 0) is 9.53 Å². The number of carbonyl (C=O) groups is 1. The molecule has 102 valence electrons. The van der Waals surface area contributed by atoms with Gasteiger partial charge in [0, 0.05) is 31.6 Å². The maximum Gasteiger partial charge on any atom is 0.305 e. The summed E-state index contributed by atoms with van der Waals surface area (Å²) >= 11 is 0. The maximum absolute atomic E-state index is 11.5. The van der Waals surface area contributed by atoms with Crippen LogP contribution in [0.1, 0.15) is 58.3 Å². The summed E-state index contributed by atoms with van der Waals surface area (Å²) in [7, 11) is 0. The van der Waals surface area contributed by atoms with Crippen molar-refractivity contribution in [2.75, 3.05) is 19.7 Å². The molecule has 1 heterocycles. The molecule has 18 heavy (non-hydrogen) atoms. The van der Waals surface area contributed by atoms with Gasteiger partial charge in [0.15, 0.2) is 5.71 Å². The molecule has 0 aromatic heterocycles. The summed E-state index contributed by atoms with van der Waals surface area (Å²) in [6, 6.07) is 0. The Bertz CT molecular complexity index is 314. The highest BCUT2D eigenvalue weighted by molar-refractivity contribution is 5.83. The van der Waals surface area contributed by atoms with Gasteiger partial charge in [-0.15, -0.1) is 0 Å². The molecule has 1 atom stereocenters. The van der Waals surface area contributed by atoms with Crippen LogP contribution in [0.2, 0.25) is 0 Å². The van der Waals surface area contributed by atoms with E-state index in [1.54, 1.807) is 5.71 Å². The lowest BCUT2D eigenvalue weighted by Crippen LogP contribution is -2.29. The lowest BCUT2D eigenvalue weighted by atomic mass is 9.84. The third-order valence-corrected chi connectivity index (χ3v) is 4.22. The molecule has 3 heteroatoms. The molecule has 1 aliphatic carbocycles. The molecule has 2 rings (SSSR count). The fraction of sp³-hybridized carbons (Fsp3) is 0.867. The fourth-order valence-electron chi connectivity index (χ4n) is 3.32. The van der Waals surface area contributed by atoms with Gasteiger partial charge in [0.1, 0.15) is 13.1 Å². The zero-order valence-corrected chi connectivity index (χ0v) is 11.6. The quantitative estimate of drug-likeness (QED) is 0.569. The first-order valence-electron chi connectivity index (χ1n) is 7.57. The van der Waals surface area contributed by atoms with Crippen molar-refractivity contribution in [3.05, 3.63) is 0 Å². The molecule has 2 aliphatic rings. The molecule has 0 aromatic carbocycles. The Labute approximate surface area is 110 Å². The first-order chi connectivity index (χ1) is 8.81. The van der Waals surface area contributed by atoms with Crippen LogP contribution in [0, 0.1) is 5.92 Å². The third-order valence-electron chi connectivity index (χ3n) is 4.22. The van der Waals surface area contributed by atoms with E-state index in [-0.39, 0.29) is 5.97 Å². The molecule has 1 aliphatic heterocycles. The Morgan fingerprint density at radius 1 is 1.28 bits per heavy atom. The SMILES string of the molecule is CCOC(=O)CCC1CCCCC1=[N+]1CCCC1. The van der Waals surface area contributed by atoms with E-state index in [4.69, 9.17) is 4.74 Å². The summed E-state index contributed by atoms with van der Waals surface area (Å²) in [5.74, 6) is 0.616. The van der Waals surface area contributed by atoms with Crippen molar-refractivity contribution in [2.24, 2.45) is 5.92 Å². The molecular formula is C15H26NO2+. The van der Waals surface area contributed by atoms with E-state index in [1.165, 1.54) is 51.6 Å². The smallest absolute Gasteiger partial charge is 0.305 e. The molecule has 0 amide bonds. The lowest BCUT2D eigenvalue weighted by Gasteiger charge is -2.22. The highest BCUT2D eigenvalue weighted by Gasteiger charge is 2.30. The minimum absolute atomic E-state index is 0.0242. The highest BCUT2D eigenvalue weighted by Crippen LogP contribution is 2.26. The summed E-state index contributed by atoms with van der Waals surface area (Å²) < 4.78 is 7.62. The maximum atomic E-state index is 11.5. The molecule has 1 saturated heterocycles. The molecule has 1 saturated carbocycles. The average Bonchev–Trinajstić information content (AvgIpc) is 2.91. The van der Waals surface area contributed by atoms with Crippen molar-refractivity contribution >= 4 is 11.7 Å². The second-order valence-corrected chi connectivity index (χ2v) is 5.47. The number of carbonyl (C=O) groups excluding carboxylic acids is 1. The summed E-state index contributed by atoms with van der Waals surface area (Å²) in [5, 5.41) is 0. The van der Waals surface area contributed by atoms with Gasteiger partial charge in [-0.3, -0.25) is 4.79 Å². The van der Waals surface area contributed by atoms with Crippen LogP contribution in [0.15, 0.2) is 0 Å². The molecule has 3 nitrogen and oxygen atoms in total. The van der Waals surface area contributed by atoms with Gasteiger partial charge in [-0.25, -0.2) is 4.58 Å². The largest absolute Gasteiger partial charge is 0.466 e. The van der Waals surface area contributed by atoms with Crippen molar-refractivity contribution < 1.29 is 14.1 Å². The van der Waals surface area contributed by atoms with Gasteiger partial charge in [0.25, 0.3) is 0 Å². The average molecular weight is 252 g/mol. The van der Waals surface area contributed by atoms with Gasteiger partial charge < -0.3 is 4.74 Å². The van der Waals surface area contributed by atoms with Gasteiger partial charge in [0.05, 0.1) is 6.61 Å². The first-order valence-corrected chi connectivity index (χ1v) is 7.57. The van der Waals surface area contributed by atoms with Crippen molar-refractivity contribution in [3.63, 3.8) is 0 Å². The van der Waals surface area contributed by atoms with Crippen LogP contribution >= 0.6 is 0 Å². The van der Waals surface area contributed by atoms with Crippen LogP contribution in [-0.4, -0.2) is 36.0 Å². The second kappa shape index (κ2) is 6.91. The standard InChI is InChI=1S/C15H26NO2/c1-2-18-15(17)10-9-13-7-3-4-8-14(13)16-11-5-6-12-16/h13H,2-12H2,1H3/q+1. The Morgan fingerprint density at radius 2 is 2.06 bits per heavy atom. The Kier molecular flexibility index (Phi) is 5.21. The molecule has 1 unspecified atom stereocenters. The Balaban J connectivity index is 1.92. The Morgan fingerprint density at radius 3 is 2.78 bits per heavy atom. The number of hydrogen-bond acceptors (Lipinski definition) is 2. The predicted octanol–water partition coefficient (Wildman–Crippen LogP) is 2.77. The van der Waals surface area contributed by atoms with Gasteiger partial charge >= 0.3 is 5.97 Å². The molecule has 0 radical (unpaired) electrons. The van der Waals surface area contributed by atoms with Gasteiger partial charge in [-0.05, 0) is 26.2 Å². The number of ether oxygens (including phenoxy) is 1. The van der Waals surface area contributed by atoms with Crippen LogP contribution < -0.4 is 0 Å². The van der Waals surface area contributed by atoms with E-state index in [0.29, 0.717) is 18.9 Å². The monoisotopic (exact) mass is 252 g/mol. The summed E-state index contributed by atoms with van der Waals surface area (Å²) in [5.41, 5.74) is 1.64. The van der Waals surface area contributed by atoms with Crippen molar-refractivity contribution in [3.8, 4) is 0 Å². The molecule has 0 N–H and O–H groups in total. The summed E-state index contributed by atoms with van der Waals surface area (Å²) in [6.45, 7) is 4.86. The van der Waals surface area contributed by atoms with Gasteiger partial charge in [-0.2, -0.15) is 0 Å². The predicted molar refractivity (Wildman–Crippen MR) is 72.1 cm³/mol. The lowest BCUT2D eigenvalue weighted by molar-refractivity contribution is -0.510. The van der Waals surface area contributed by atoms with Crippen molar-refractivity contribution in [2.45, 2.75) is 58.3 Å². The fourth-order valence-corrected chi connectivity index (χ4v) is 3.32. The van der Waals surface area contributed by atoms with Gasteiger partial charge in [0.2, 0.25) is 0 Å². The van der Waals surface area contributed by atoms with Crippen LogP contribution in [0.25, 0.3) is 0 Å². The normalized spacial score (nSPS) is 24.4. The van der Waals surface area contributed by atoms with E-state index in [0.717, 1.165) is 6.42 Å². The van der Waals surface area contributed by atoms with Crippen LogP contribution in [0.5, 0.6) is 0 Å². The highest BCUT2D eigenvalue weighted by atomic mass is 16.5. The minimum atomic E-state index is -0.0242. The minimum Gasteiger partial charge on any atom is -0.466 e. The molecule has 0 spiro atoms. The topological polar surface area (TPSA) is 29.3 Å². The Hall–Kier alpha value is -0.860. The zero-order valence-electron chi connectivity index (χ0n) is 11.6. The molecule has 0 bridgehead atoms. The number of esters is 1. The van der Waals surface area contributed by atoms with E-state index >= 15 is 0 Å². The second-order valence-electron chi connectivity index (χ2n) is 5.47. The summed E-state index contributed by atoms with van der Waals surface area (Å²) in [6.07, 6.45) is 9.45. The molecular weight excluding hydrogens is 226 g/mol. The third kappa shape index (κ3) is 3.56. The van der Waals surface area contributed by atoms with E-state index in [9.17, 15) is 4.79 Å². The van der Waals surface area contributed by atoms with E-state index in [2.05, 4.69) is 4.58 Å². The van der Waals surface area contributed by atoms with Crippen LogP contribution in [0.3, 0.4) is 0 Å². The molecule has 2 fully saturated rings. The van der Waals surface area contributed by atoms with Crippen LogP contribution in [0.4, 0.5) is 0 Å². The van der Waals surface area contributed by atoms with E-state index in [1.807, 2.05) is 6.92 Å².